The standard InChI is InChI=1S/C18H16N2O6/c1-11(12-2-5-14(6-3-12)24-9-17(21)22)19-20-18(23)13-4-7-15-16(8-13)26-10-25-15/h2-8H,9-10H2,1H3,(H,20,23)(H,21,22)/b19-11-. The second-order valence-corrected chi connectivity index (χ2v) is 5.41. The van der Waals surface area contributed by atoms with E-state index in [1.165, 1.54) is 0 Å². The van der Waals surface area contributed by atoms with Crippen LogP contribution in [0.5, 0.6) is 17.2 Å². The maximum absolute atomic E-state index is 12.2. The maximum Gasteiger partial charge on any atom is 0.341 e. The van der Waals surface area contributed by atoms with Crippen molar-refractivity contribution in [3.05, 3.63) is 53.6 Å². The molecule has 2 aromatic carbocycles. The predicted molar refractivity (Wildman–Crippen MR) is 91.8 cm³/mol. The average Bonchev–Trinajstić information content (AvgIpc) is 3.12. The molecule has 1 heterocycles. The summed E-state index contributed by atoms with van der Waals surface area (Å²) in [7, 11) is 0. The Morgan fingerprint density at radius 1 is 1.12 bits per heavy atom. The molecule has 0 atom stereocenters. The van der Waals surface area contributed by atoms with Crippen LogP contribution in [0.3, 0.4) is 0 Å². The first kappa shape index (κ1) is 17.3. The molecule has 0 saturated heterocycles. The molecule has 0 unspecified atom stereocenters. The minimum absolute atomic E-state index is 0.143. The normalized spacial score (nSPS) is 12.6. The Kier molecular flexibility index (Phi) is 5.02. The minimum Gasteiger partial charge on any atom is -0.482 e. The Labute approximate surface area is 149 Å². The van der Waals surface area contributed by atoms with Gasteiger partial charge < -0.3 is 19.3 Å². The Balaban J connectivity index is 1.62. The largest absolute Gasteiger partial charge is 0.482 e. The van der Waals surface area contributed by atoms with E-state index in [1.807, 2.05) is 0 Å². The fraction of sp³-hybridized carbons (Fsp3) is 0.167. The number of rotatable bonds is 6. The van der Waals surface area contributed by atoms with Crippen LogP contribution in [0.2, 0.25) is 0 Å². The van der Waals surface area contributed by atoms with E-state index in [0.717, 1.165) is 5.56 Å². The lowest BCUT2D eigenvalue weighted by Gasteiger charge is -2.06. The average molecular weight is 356 g/mol. The summed E-state index contributed by atoms with van der Waals surface area (Å²) in [6.45, 7) is 1.48. The van der Waals surface area contributed by atoms with Crippen LogP contribution < -0.4 is 19.6 Å². The Bertz CT molecular complexity index is 860. The van der Waals surface area contributed by atoms with Crippen LogP contribution in [-0.4, -0.2) is 36.1 Å². The van der Waals surface area contributed by atoms with Gasteiger partial charge in [-0.25, -0.2) is 10.2 Å². The van der Waals surface area contributed by atoms with E-state index in [1.54, 1.807) is 49.4 Å². The fourth-order valence-electron chi connectivity index (χ4n) is 2.24. The number of fused-ring (bicyclic) bond motifs is 1. The second-order valence-electron chi connectivity index (χ2n) is 5.41. The summed E-state index contributed by atoms with van der Waals surface area (Å²) in [6.07, 6.45) is 0. The Hall–Kier alpha value is -3.55. The number of nitrogens with one attached hydrogen (secondary N) is 1. The van der Waals surface area contributed by atoms with Gasteiger partial charge in [0.1, 0.15) is 5.75 Å². The van der Waals surface area contributed by atoms with Gasteiger partial charge in [0.2, 0.25) is 6.79 Å². The number of carboxylic acid groups (broad SMARTS) is 1. The van der Waals surface area contributed by atoms with Gasteiger partial charge in [-0.2, -0.15) is 5.10 Å². The molecule has 0 fully saturated rings. The fourth-order valence-corrected chi connectivity index (χ4v) is 2.24. The lowest BCUT2D eigenvalue weighted by Crippen LogP contribution is -2.19. The summed E-state index contributed by atoms with van der Waals surface area (Å²) in [6, 6.07) is 11.6. The summed E-state index contributed by atoms with van der Waals surface area (Å²) in [5, 5.41) is 12.7. The molecule has 0 aliphatic carbocycles. The summed E-state index contributed by atoms with van der Waals surface area (Å²) < 4.78 is 15.5. The molecular formula is C18H16N2O6. The van der Waals surface area contributed by atoms with Gasteiger partial charge in [-0.05, 0) is 55.0 Å². The molecule has 2 N–H and O–H groups in total. The molecule has 0 bridgehead atoms. The molecule has 134 valence electrons. The van der Waals surface area contributed by atoms with Crippen LogP contribution in [0, 0.1) is 0 Å². The van der Waals surface area contributed by atoms with Crippen LogP contribution in [0.1, 0.15) is 22.8 Å². The molecule has 0 spiro atoms. The number of hydrogen-bond acceptors (Lipinski definition) is 6. The number of aliphatic carboxylic acids is 1. The SMILES string of the molecule is C/C(=N/NC(=O)c1ccc2c(c1)OCO2)c1ccc(OCC(=O)O)cc1. The van der Waals surface area contributed by atoms with Gasteiger partial charge in [-0.3, -0.25) is 4.79 Å². The first-order valence-corrected chi connectivity index (χ1v) is 7.72. The summed E-state index contributed by atoms with van der Waals surface area (Å²) in [5.41, 5.74) is 4.24. The minimum atomic E-state index is -1.04. The highest BCUT2D eigenvalue weighted by atomic mass is 16.7. The molecule has 8 nitrogen and oxygen atoms in total. The summed E-state index contributed by atoms with van der Waals surface area (Å²) >= 11 is 0. The first-order chi connectivity index (χ1) is 12.5. The van der Waals surface area contributed by atoms with Gasteiger partial charge in [-0.1, -0.05) is 0 Å². The van der Waals surface area contributed by atoms with Gasteiger partial charge in [0.05, 0.1) is 5.71 Å². The van der Waals surface area contributed by atoms with Crippen molar-refractivity contribution in [1.82, 2.24) is 5.43 Å². The van der Waals surface area contributed by atoms with Gasteiger partial charge in [0, 0.05) is 5.56 Å². The molecule has 2 aromatic rings. The third-order valence-electron chi connectivity index (χ3n) is 3.59. The third-order valence-corrected chi connectivity index (χ3v) is 3.59. The van der Waals surface area contributed by atoms with Crippen molar-refractivity contribution >= 4 is 17.6 Å². The van der Waals surface area contributed by atoms with Crippen molar-refractivity contribution < 1.29 is 28.9 Å². The zero-order valence-corrected chi connectivity index (χ0v) is 13.9. The number of hydrogen-bond donors (Lipinski definition) is 2. The highest BCUT2D eigenvalue weighted by Crippen LogP contribution is 2.32. The molecule has 1 aliphatic rings. The van der Waals surface area contributed by atoms with Crippen molar-refractivity contribution in [3.63, 3.8) is 0 Å². The van der Waals surface area contributed by atoms with E-state index in [9.17, 15) is 9.59 Å². The number of amides is 1. The summed E-state index contributed by atoms with van der Waals surface area (Å²) in [4.78, 5) is 22.7. The van der Waals surface area contributed by atoms with Crippen LogP contribution in [-0.2, 0) is 4.79 Å². The second kappa shape index (κ2) is 7.56. The van der Waals surface area contributed by atoms with Crippen molar-refractivity contribution in [2.45, 2.75) is 6.92 Å². The van der Waals surface area contributed by atoms with Crippen molar-refractivity contribution in [2.75, 3.05) is 13.4 Å². The molecule has 0 saturated carbocycles. The topological polar surface area (TPSA) is 106 Å². The number of ether oxygens (including phenoxy) is 3. The van der Waals surface area contributed by atoms with E-state index in [4.69, 9.17) is 19.3 Å². The molecule has 3 rings (SSSR count). The van der Waals surface area contributed by atoms with Crippen molar-refractivity contribution in [3.8, 4) is 17.2 Å². The van der Waals surface area contributed by atoms with E-state index in [-0.39, 0.29) is 12.7 Å². The maximum atomic E-state index is 12.2. The molecule has 26 heavy (non-hydrogen) atoms. The quantitative estimate of drug-likeness (QED) is 0.606. The first-order valence-electron chi connectivity index (χ1n) is 7.72. The zero-order chi connectivity index (χ0) is 18.5. The lowest BCUT2D eigenvalue weighted by atomic mass is 10.1. The van der Waals surface area contributed by atoms with E-state index >= 15 is 0 Å². The van der Waals surface area contributed by atoms with Gasteiger partial charge >= 0.3 is 5.97 Å². The van der Waals surface area contributed by atoms with Crippen LogP contribution in [0.25, 0.3) is 0 Å². The van der Waals surface area contributed by atoms with Gasteiger partial charge in [0.15, 0.2) is 18.1 Å². The number of carboxylic acids is 1. The molecule has 1 amide bonds. The number of carbonyl (C=O) groups is 2. The molecule has 8 heteroatoms. The van der Waals surface area contributed by atoms with Gasteiger partial charge in [0.25, 0.3) is 5.91 Å². The van der Waals surface area contributed by atoms with Crippen LogP contribution >= 0.6 is 0 Å². The Morgan fingerprint density at radius 3 is 2.54 bits per heavy atom. The van der Waals surface area contributed by atoms with Crippen LogP contribution in [0.15, 0.2) is 47.6 Å². The lowest BCUT2D eigenvalue weighted by molar-refractivity contribution is -0.139. The van der Waals surface area contributed by atoms with Crippen molar-refractivity contribution in [2.24, 2.45) is 5.10 Å². The van der Waals surface area contributed by atoms with E-state index < -0.39 is 12.6 Å². The summed E-state index contributed by atoms with van der Waals surface area (Å²) in [5.74, 6) is 0.150. The van der Waals surface area contributed by atoms with E-state index in [0.29, 0.717) is 28.5 Å². The molecule has 0 radical (unpaired) electrons. The monoisotopic (exact) mass is 356 g/mol. The number of nitrogens with zero attached hydrogens (tertiary/aromatic N) is 1. The van der Waals surface area contributed by atoms with Crippen molar-refractivity contribution in [1.29, 1.82) is 0 Å². The predicted octanol–water partition coefficient (Wildman–Crippen LogP) is 2.03. The number of benzene rings is 2. The molecule has 0 aromatic heterocycles. The third kappa shape index (κ3) is 4.10. The van der Waals surface area contributed by atoms with Crippen LogP contribution in [0.4, 0.5) is 0 Å². The zero-order valence-electron chi connectivity index (χ0n) is 13.9. The highest BCUT2D eigenvalue weighted by molar-refractivity contribution is 6.01. The smallest absolute Gasteiger partial charge is 0.341 e. The Morgan fingerprint density at radius 2 is 1.81 bits per heavy atom. The molecular weight excluding hydrogens is 340 g/mol. The highest BCUT2D eigenvalue weighted by Gasteiger charge is 2.16. The number of carbonyl (C=O) groups excluding carboxylic acids is 1. The van der Waals surface area contributed by atoms with Gasteiger partial charge in [-0.15, -0.1) is 0 Å². The number of hydrazone groups is 1. The molecule has 1 aliphatic heterocycles. The van der Waals surface area contributed by atoms with E-state index in [2.05, 4.69) is 10.5 Å².